The Morgan fingerprint density at radius 3 is 2.62 bits per heavy atom. The van der Waals surface area contributed by atoms with E-state index in [1.54, 1.807) is 0 Å². The molecule has 1 aromatic heterocycles. The van der Waals surface area contributed by atoms with Crippen LogP contribution in [-0.4, -0.2) is 21.5 Å². The van der Waals surface area contributed by atoms with Crippen LogP contribution in [0.15, 0.2) is 40.6 Å². The Hall–Kier alpha value is -1.91. The van der Waals surface area contributed by atoms with Crippen LogP contribution in [0.4, 0.5) is 13.2 Å². The monoisotopic (exact) mass is 379 g/mol. The molecule has 0 spiro atoms. The van der Waals surface area contributed by atoms with Crippen molar-refractivity contribution >= 4 is 27.3 Å². The van der Waals surface area contributed by atoms with Crippen molar-refractivity contribution in [2.45, 2.75) is 17.6 Å². The summed E-state index contributed by atoms with van der Waals surface area (Å²) in [6, 6.07) is 5.54. The molecular formula is C14H12F3NO4S2. The topological polar surface area (TPSA) is 72.5 Å². The molecule has 24 heavy (non-hydrogen) atoms. The number of hydrogen-bond acceptors (Lipinski definition) is 5. The van der Waals surface area contributed by atoms with Gasteiger partial charge in [-0.3, -0.25) is 0 Å². The van der Waals surface area contributed by atoms with Gasteiger partial charge in [-0.05, 0) is 23.1 Å². The Morgan fingerprint density at radius 1 is 1.29 bits per heavy atom. The zero-order valence-electron chi connectivity index (χ0n) is 12.3. The van der Waals surface area contributed by atoms with Crippen molar-refractivity contribution < 1.29 is 31.1 Å². The van der Waals surface area contributed by atoms with Crippen molar-refractivity contribution in [1.82, 2.24) is 4.72 Å². The lowest BCUT2D eigenvalue weighted by atomic mass is 10.1. The van der Waals surface area contributed by atoms with Crippen LogP contribution in [0.1, 0.15) is 20.8 Å². The van der Waals surface area contributed by atoms with Crippen LogP contribution in [-0.2, 0) is 27.5 Å². The first-order valence-corrected chi connectivity index (χ1v) is 8.83. The largest absolute Gasteiger partial charge is 0.465 e. The fourth-order valence-electron chi connectivity index (χ4n) is 1.86. The molecule has 0 amide bonds. The number of hydrogen-bond donors (Lipinski definition) is 1. The van der Waals surface area contributed by atoms with E-state index in [0.29, 0.717) is 0 Å². The average molecular weight is 379 g/mol. The third-order valence-corrected chi connectivity index (χ3v) is 5.48. The minimum absolute atomic E-state index is 0.103. The van der Waals surface area contributed by atoms with E-state index in [1.807, 2.05) is 0 Å². The van der Waals surface area contributed by atoms with Crippen LogP contribution in [0, 0.1) is 0 Å². The molecule has 0 aliphatic rings. The maximum Gasteiger partial charge on any atom is 0.416 e. The number of carbonyl (C=O) groups excluding carboxylic acids is 1. The van der Waals surface area contributed by atoms with Crippen molar-refractivity contribution in [3.8, 4) is 0 Å². The van der Waals surface area contributed by atoms with E-state index in [4.69, 9.17) is 0 Å². The van der Waals surface area contributed by atoms with E-state index in [9.17, 15) is 26.4 Å². The first-order valence-electron chi connectivity index (χ1n) is 6.47. The highest BCUT2D eigenvalue weighted by Crippen LogP contribution is 2.29. The van der Waals surface area contributed by atoms with Crippen molar-refractivity contribution in [3.63, 3.8) is 0 Å². The zero-order chi connectivity index (χ0) is 18.0. The Balaban J connectivity index is 2.20. The van der Waals surface area contributed by atoms with Crippen LogP contribution in [0.3, 0.4) is 0 Å². The highest BCUT2D eigenvalue weighted by Gasteiger charge is 2.30. The number of alkyl halides is 3. The second-order valence-electron chi connectivity index (χ2n) is 4.63. The third-order valence-electron chi connectivity index (χ3n) is 3.01. The van der Waals surface area contributed by atoms with Crippen molar-refractivity contribution in [2.75, 3.05) is 7.11 Å². The summed E-state index contributed by atoms with van der Waals surface area (Å²) in [7, 11) is -2.95. The lowest BCUT2D eigenvalue weighted by Crippen LogP contribution is -2.24. The zero-order valence-corrected chi connectivity index (χ0v) is 13.9. The second kappa shape index (κ2) is 6.91. The van der Waals surface area contributed by atoms with Gasteiger partial charge in [-0.15, -0.1) is 11.3 Å². The molecule has 5 nitrogen and oxygen atoms in total. The van der Waals surface area contributed by atoms with Gasteiger partial charge in [0.1, 0.15) is 9.77 Å². The number of ether oxygens (including phenoxy) is 1. The van der Waals surface area contributed by atoms with Crippen molar-refractivity contribution in [1.29, 1.82) is 0 Å². The van der Waals surface area contributed by atoms with E-state index in [0.717, 1.165) is 30.6 Å². The Bertz CT molecular complexity index is 844. The first kappa shape index (κ1) is 18.4. The maximum atomic E-state index is 12.7. The molecule has 0 saturated heterocycles. The van der Waals surface area contributed by atoms with E-state index >= 15 is 0 Å². The highest BCUT2D eigenvalue weighted by atomic mass is 32.2. The lowest BCUT2D eigenvalue weighted by molar-refractivity contribution is -0.137. The predicted octanol–water partition coefficient (Wildman–Crippen LogP) is 3.03. The van der Waals surface area contributed by atoms with E-state index in [2.05, 4.69) is 9.46 Å². The Kier molecular flexibility index (Phi) is 5.31. The number of rotatable bonds is 5. The molecule has 0 bridgehead atoms. The summed E-state index contributed by atoms with van der Waals surface area (Å²) >= 11 is 0.894. The van der Waals surface area contributed by atoms with E-state index < -0.39 is 27.7 Å². The molecule has 0 saturated carbocycles. The maximum absolute atomic E-state index is 12.7. The first-order chi connectivity index (χ1) is 11.1. The van der Waals surface area contributed by atoms with Crippen LogP contribution < -0.4 is 4.72 Å². The molecule has 0 aliphatic heterocycles. The fraction of sp³-hybridized carbons (Fsp3) is 0.214. The molecule has 0 unspecified atom stereocenters. The summed E-state index contributed by atoms with van der Waals surface area (Å²) in [6.07, 6.45) is -4.51. The average Bonchev–Trinajstić information content (AvgIpc) is 3.02. The molecule has 10 heteroatoms. The van der Waals surface area contributed by atoms with Gasteiger partial charge in [0, 0.05) is 6.54 Å². The smallest absolute Gasteiger partial charge is 0.416 e. The van der Waals surface area contributed by atoms with Crippen LogP contribution in [0.5, 0.6) is 0 Å². The molecule has 0 fully saturated rings. The van der Waals surface area contributed by atoms with Gasteiger partial charge in [0.05, 0.1) is 12.7 Å². The van der Waals surface area contributed by atoms with Gasteiger partial charge in [0.2, 0.25) is 10.0 Å². The Morgan fingerprint density at radius 2 is 2.00 bits per heavy atom. The summed E-state index contributed by atoms with van der Waals surface area (Å²) in [5.74, 6) is -0.801. The van der Waals surface area contributed by atoms with Gasteiger partial charge in [0.15, 0.2) is 0 Å². The Labute approximate surface area is 140 Å². The van der Waals surface area contributed by atoms with E-state index in [-0.39, 0.29) is 21.9 Å². The molecule has 2 aromatic rings. The van der Waals surface area contributed by atoms with Gasteiger partial charge in [-0.1, -0.05) is 18.2 Å². The number of benzene rings is 1. The normalized spacial score (nSPS) is 12.2. The van der Waals surface area contributed by atoms with Crippen molar-refractivity contribution in [3.05, 3.63) is 51.7 Å². The summed E-state index contributed by atoms with van der Waals surface area (Å²) in [6.45, 7) is -0.345. The third kappa shape index (κ3) is 4.13. The SMILES string of the molecule is COC(=O)c1sccc1S(=O)(=O)NCc1cccc(C(F)(F)F)c1. The molecule has 1 heterocycles. The second-order valence-corrected chi connectivity index (χ2v) is 7.28. The van der Waals surface area contributed by atoms with Gasteiger partial charge in [0.25, 0.3) is 0 Å². The van der Waals surface area contributed by atoms with Gasteiger partial charge >= 0.3 is 12.1 Å². The van der Waals surface area contributed by atoms with Crippen LogP contribution in [0.25, 0.3) is 0 Å². The number of esters is 1. The standard InChI is InChI=1S/C14H12F3NO4S2/c1-22-13(19)12-11(5-6-23-12)24(20,21)18-8-9-3-2-4-10(7-9)14(15,16)17/h2-7,18H,8H2,1H3. The summed E-state index contributed by atoms with van der Waals surface area (Å²) in [4.78, 5) is 11.2. The minimum Gasteiger partial charge on any atom is -0.465 e. The molecule has 0 radical (unpaired) electrons. The highest BCUT2D eigenvalue weighted by molar-refractivity contribution is 7.89. The molecule has 0 atom stereocenters. The van der Waals surface area contributed by atoms with Crippen LogP contribution >= 0.6 is 11.3 Å². The molecule has 1 aromatic carbocycles. The molecule has 130 valence electrons. The van der Waals surface area contributed by atoms with Crippen molar-refractivity contribution in [2.24, 2.45) is 0 Å². The molecule has 0 aliphatic carbocycles. The number of sulfonamides is 1. The van der Waals surface area contributed by atoms with Gasteiger partial charge < -0.3 is 4.74 Å². The fourth-order valence-corrected chi connectivity index (χ4v) is 4.21. The van der Waals surface area contributed by atoms with Crippen LogP contribution in [0.2, 0.25) is 0 Å². The molecule has 2 rings (SSSR count). The van der Waals surface area contributed by atoms with E-state index in [1.165, 1.54) is 23.6 Å². The summed E-state index contributed by atoms with van der Waals surface area (Å²) < 4.78 is 69.2. The minimum atomic E-state index is -4.51. The quantitative estimate of drug-likeness (QED) is 0.811. The number of nitrogens with one attached hydrogen (secondary N) is 1. The molecular weight excluding hydrogens is 367 g/mol. The summed E-state index contributed by atoms with van der Waals surface area (Å²) in [5.41, 5.74) is -0.728. The number of halogens is 3. The number of carbonyl (C=O) groups is 1. The van der Waals surface area contributed by atoms with Gasteiger partial charge in [-0.2, -0.15) is 13.2 Å². The lowest BCUT2D eigenvalue weighted by Gasteiger charge is -2.10. The number of methoxy groups -OCH3 is 1. The number of thiophene rings is 1. The summed E-state index contributed by atoms with van der Waals surface area (Å²) in [5, 5.41) is 1.41. The predicted molar refractivity (Wildman–Crippen MR) is 81.1 cm³/mol. The van der Waals surface area contributed by atoms with Gasteiger partial charge in [-0.25, -0.2) is 17.9 Å². The molecule has 1 N–H and O–H groups in total.